The molecule has 0 unspecified atom stereocenters. The van der Waals surface area contributed by atoms with Crippen molar-refractivity contribution in [2.24, 2.45) is 7.05 Å². The number of hydrogen-bond donors (Lipinski definition) is 0. The third kappa shape index (κ3) is 1.79. The van der Waals surface area contributed by atoms with Gasteiger partial charge in [0.2, 0.25) is 0 Å². The highest BCUT2D eigenvalue weighted by molar-refractivity contribution is 5.90. The summed E-state index contributed by atoms with van der Waals surface area (Å²) in [5, 5.41) is 4.19. The second-order valence-corrected chi connectivity index (χ2v) is 3.30. The summed E-state index contributed by atoms with van der Waals surface area (Å²) in [5.41, 5.74) is 0.917. The van der Waals surface area contributed by atoms with E-state index in [0.717, 1.165) is 5.56 Å². The van der Waals surface area contributed by atoms with Gasteiger partial charge in [-0.1, -0.05) is 30.3 Å². The van der Waals surface area contributed by atoms with Gasteiger partial charge in [0.15, 0.2) is 17.4 Å². The fourth-order valence-electron chi connectivity index (χ4n) is 1.40. The molecule has 0 spiro atoms. The van der Waals surface area contributed by atoms with E-state index in [4.69, 9.17) is 0 Å². The van der Waals surface area contributed by atoms with E-state index in [1.165, 1.54) is 11.6 Å². The molecule has 1 heterocycles. The maximum absolute atomic E-state index is 11.2. The lowest BCUT2D eigenvalue weighted by atomic mass is 10.2. The van der Waals surface area contributed by atoms with Crippen LogP contribution in [0.4, 0.5) is 0 Å². The van der Waals surface area contributed by atoms with Gasteiger partial charge in [-0.15, -0.1) is 0 Å². The predicted octanol–water partition coefficient (Wildman–Crippen LogP) is 1.68. The molecule has 0 fully saturated rings. The molecule has 4 nitrogen and oxygen atoms in total. The minimum absolute atomic E-state index is 0.0767. The van der Waals surface area contributed by atoms with Gasteiger partial charge in [-0.05, 0) is 0 Å². The molecular formula is C11H11N3O. The van der Waals surface area contributed by atoms with Crippen molar-refractivity contribution in [3.63, 3.8) is 0 Å². The highest BCUT2D eigenvalue weighted by Crippen LogP contribution is 2.14. The van der Waals surface area contributed by atoms with Crippen molar-refractivity contribution >= 4 is 5.78 Å². The number of carbonyl (C=O) groups excluding carboxylic acids is 1. The summed E-state index contributed by atoms with van der Waals surface area (Å²) >= 11 is 0. The van der Waals surface area contributed by atoms with E-state index < -0.39 is 0 Å². The average Bonchev–Trinajstić information content (AvgIpc) is 2.62. The molecule has 0 saturated carbocycles. The van der Waals surface area contributed by atoms with Crippen LogP contribution in [0.25, 0.3) is 11.4 Å². The lowest BCUT2D eigenvalue weighted by molar-refractivity contribution is 0.0999. The Morgan fingerprint density at radius 3 is 2.47 bits per heavy atom. The van der Waals surface area contributed by atoms with Gasteiger partial charge in [0, 0.05) is 19.5 Å². The topological polar surface area (TPSA) is 47.8 Å². The van der Waals surface area contributed by atoms with Crippen molar-refractivity contribution in [2.45, 2.75) is 6.92 Å². The number of ketones is 1. The molecule has 1 aromatic carbocycles. The second-order valence-electron chi connectivity index (χ2n) is 3.30. The maximum atomic E-state index is 11.2. The average molecular weight is 201 g/mol. The van der Waals surface area contributed by atoms with Crippen LogP contribution in [0, 0.1) is 0 Å². The number of hydrogen-bond acceptors (Lipinski definition) is 3. The van der Waals surface area contributed by atoms with Crippen LogP contribution in [0.15, 0.2) is 30.3 Å². The fraction of sp³-hybridized carbons (Fsp3) is 0.182. The van der Waals surface area contributed by atoms with E-state index in [0.29, 0.717) is 11.6 Å². The van der Waals surface area contributed by atoms with Gasteiger partial charge in [0.05, 0.1) is 0 Å². The molecule has 15 heavy (non-hydrogen) atoms. The van der Waals surface area contributed by atoms with E-state index >= 15 is 0 Å². The molecule has 0 amide bonds. The van der Waals surface area contributed by atoms with Gasteiger partial charge >= 0.3 is 0 Å². The Morgan fingerprint density at radius 1 is 1.27 bits per heavy atom. The normalized spacial score (nSPS) is 10.3. The summed E-state index contributed by atoms with van der Waals surface area (Å²) in [6.45, 7) is 1.48. The zero-order chi connectivity index (χ0) is 10.8. The summed E-state index contributed by atoms with van der Waals surface area (Å²) < 4.78 is 1.50. The monoisotopic (exact) mass is 201 g/mol. The van der Waals surface area contributed by atoms with Gasteiger partial charge in [-0.3, -0.25) is 4.79 Å². The van der Waals surface area contributed by atoms with Crippen LogP contribution in [0.2, 0.25) is 0 Å². The highest BCUT2D eigenvalue weighted by Gasteiger charge is 2.11. The molecule has 0 bridgehead atoms. The predicted molar refractivity (Wildman–Crippen MR) is 56.4 cm³/mol. The van der Waals surface area contributed by atoms with Crippen LogP contribution in [0.1, 0.15) is 17.5 Å². The van der Waals surface area contributed by atoms with Crippen LogP contribution in [-0.2, 0) is 7.05 Å². The lowest BCUT2D eigenvalue weighted by Gasteiger charge is -1.91. The number of nitrogens with zero attached hydrogens (tertiary/aromatic N) is 3. The van der Waals surface area contributed by atoms with Crippen LogP contribution in [0.5, 0.6) is 0 Å². The van der Waals surface area contributed by atoms with Crippen molar-refractivity contribution in [1.29, 1.82) is 0 Å². The van der Waals surface area contributed by atoms with Crippen molar-refractivity contribution < 1.29 is 4.79 Å². The van der Waals surface area contributed by atoms with Crippen LogP contribution in [-0.4, -0.2) is 20.5 Å². The van der Waals surface area contributed by atoms with Crippen molar-refractivity contribution in [1.82, 2.24) is 14.8 Å². The van der Waals surface area contributed by atoms with Gasteiger partial charge in [0.25, 0.3) is 0 Å². The van der Waals surface area contributed by atoms with Crippen LogP contribution < -0.4 is 0 Å². The van der Waals surface area contributed by atoms with E-state index in [-0.39, 0.29) is 5.78 Å². The third-order valence-electron chi connectivity index (χ3n) is 2.11. The molecule has 0 saturated heterocycles. The maximum Gasteiger partial charge on any atom is 0.196 e. The zero-order valence-electron chi connectivity index (χ0n) is 8.64. The third-order valence-corrected chi connectivity index (χ3v) is 2.11. The summed E-state index contributed by atoms with van der Waals surface area (Å²) in [6.07, 6.45) is 0. The van der Waals surface area contributed by atoms with Crippen LogP contribution >= 0.6 is 0 Å². The number of aryl methyl sites for hydroxylation is 1. The first-order chi connectivity index (χ1) is 7.18. The minimum Gasteiger partial charge on any atom is -0.291 e. The van der Waals surface area contributed by atoms with Crippen LogP contribution in [0.3, 0.4) is 0 Å². The highest BCUT2D eigenvalue weighted by atomic mass is 16.1. The standard InChI is InChI=1S/C11H11N3O/c1-8(15)11-12-10(13-14(11)2)9-6-4-3-5-7-9/h3-7H,1-2H3. The summed E-state index contributed by atoms with van der Waals surface area (Å²) in [6, 6.07) is 9.59. The largest absolute Gasteiger partial charge is 0.291 e. The van der Waals surface area contributed by atoms with Crippen molar-refractivity contribution in [3.05, 3.63) is 36.2 Å². The molecule has 76 valence electrons. The van der Waals surface area contributed by atoms with E-state index in [2.05, 4.69) is 10.1 Å². The fourth-order valence-corrected chi connectivity index (χ4v) is 1.40. The Hall–Kier alpha value is -1.97. The molecular weight excluding hydrogens is 190 g/mol. The molecule has 2 aromatic rings. The molecule has 0 N–H and O–H groups in total. The van der Waals surface area contributed by atoms with E-state index in [1.807, 2.05) is 30.3 Å². The Balaban J connectivity index is 2.48. The Kier molecular flexibility index (Phi) is 2.33. The van der Waals surface area contributed by atoms with Gasteiger partial charge in [-0.2, -0.15) is 5.10 Å². The first-order valence-electron chi connectivity index (χ1n) is 4.66. The number of Topliss-reactive ketones (excluding diaryl/α,β-unsaturated/α-hetero) is 1. The molecule has 4 heteroatoms. The first kappa shape index (κ1) is 9.58. The Bertz CT molecular complexity index is 488. The summed E-state index contributed by atoms with van der Waals surface area (Å²) in [5.74, 6) is 0.893. The molecule has 0 radical (unpaired) electrons. The number of benzene rings is 1. The lowest BCUT2D eigenvalue weighted by Crippen LogP contribution is -2.03. The first-order valence-corrected chi connectivity index (χ1v) is 4.66. The molecule has 0 aliphatic rings. The smallest absolute Gasteiger partial charge is 0.196 e. The number of rotatable bonds is 2. The minimum atomic E-state index is -0.0767. The quantitative estimate of drug-likeness (QED) is 0.694. The summed E-state index contributed by atoms with van der Waals surface area (Å²) in [7, 11) is 1.72. The van der Waals surface area contributed by atoms with Gasteiger partial charge < -0.3 is 0 Å². The SMILES string of the molecule is CC(=O)c1nc(-c2ccccc2)nn1C. The van der Waals surface area contributed by atoms with E-state index in [1.54, 1.807) is 7.05 Å². The Labute approximate surface area is 87.6 Å². The van der Waals surface area contributed by atoms with Gasteiger partial charge in [-0.25, -0.2) is 9.67 Å². The van der Waals surface area contributed by atoms with Crippen molar-refractivity contribution in [3.8, 4) is 11.4 Å². The molecule has 0 atom stereocenters. The molecule has 1 aromatic heterocycles. The Morgan fingerprint density at radius 2 is 1.93 bits per heavy atom. The number of carbonyl (C=O) groups is 1. The van der Waals surface area contributed by atoms with Gasteiger partial charge in [0.1, 0.15) is 0 Å². The molecule has 0 aliphatic heterocycles. The molecule has 2 rings (SSSR count). The van der Waals surface area contributed by atoms with E-state index in [9.17, 15) is 4.79 Å². The molecule has 0 aliphatic carbocycles. The summed E-state index contributed by atoms with van der Waals surface area (Å²) in [4.78, 5) is 15.4. The van der Waals surface area contributed by atoms with Crippen molar-refractivity contribution in [2.75, 3.05) is 0 Å². The number of aromatic nitrogens is 3. The second kappa shape index (κ2) is 3.65. The zero-order valence-corrected chi connectivity index (χ0v) is 8.64.